The van der Waals surface area contributed by atoms with Crippen LogP contribution >= 0.6 is 0 Å². The summed E-state index contributed by atoms with van der Waals surface area (Å²) in [5, 5.41) is 0. The molecule has 1 aromatic rings. The lowest BCUT2D eigenvalue weighted by Gasteiger charge is -2.27. The van der Waals surface area contributed by atoms with Gasteiger partial charge < -0.3 is 14.3 Å². The Balaban J connectivity index is 2.12. The van der Waals surface area contributed by atoms with Crippen LogP contribution in [-0.2, 0) is 14.6 Å². The summed E-state index contributed by atoms with van der Waals surface area (Å²) in [7, 11) is -1.37. The summed E-state index contributed by atoms with van der Waals surface area (Å²) in [6, 6.07) is 5.47. The zero-order valence-electron chi connectivity index (χ0n) is 11.5. The van der Waals surface area contributed by atoms with Crippen molar-refractivity contribution in [2.45, 2.75) is 25.4 Å². The van der Waals surface area contributed by atoms with Crippen LogP contribution in [0, 0.1) is 0 Å². The second-order valence-corrected chi connectivity index (χ2v) is 7.18. The van der Waals surface area contributed by atoms with Crippen molar-refractivity contribution in [3.05, 3.63) is 23.8 Å². The summed E-state index contributed by atoms with van der Waals surface area (Å²) < 4.78 is 33.1. The van der Waals surface area contributed by atoms with Crippen molar-refractivity contribution in [1.82, 2.24) is 0 Å². The van der Waals surface area contributed by atoms with Gasteiger partial charge in [-0.3, -0.25) is 0 Å². The molecule has 6 heteroatoms. The Hall–Kier alpha value is -1.56. The van der Waals surface area contributed by atoms with Gasteiger partial charge >= 0.3 is 0 Å². The highest BCUT2D eigenvalue weighted by Gasteiger charge is 2.35. The average Bonchev–Trinajstić information content (AvgIpc) is 2.37. The van der Waals surface area contributed by atoms with Crippen molar-refractivity contribution in [1.29, 1.82) is 0 Å². The predicted molar refractivity (Wildman–Crippen MR) is 75.2 cm³/mol. The van der Waals surface area contributed by atoms with E-state index in [2.05, 4.69) is 0 Å². The van der Waals surface area contributed by atoms with E-state index in [0.29, 0.717) is 17.9 Å². The molecule has 5 nitrogen and oxygen atoms in total. The second kappa shape index (κ2) is 5.83. The van der Waals surface area contributed by atoms with Crippen molar-refractivity contribution in [3.63, 3.8) is 0 Å². The molecule has 1 heterocycles. The highest BCUT2D eigenvalue weighted by molar-refractivity contribution is 7.92. The fourth-order valence-corrected chi connectivity index (χ4v) is 3.31. The van der Waals surface area contributed by atoms with E-state index >= 15 is 0 Å². The molecule has 1 aliphatic heterocycles. The number of hydrogen-bond acceptors (Lipinski definition) is 5. The fourth-order valence-electron chi connectivity index (χ4n) is 2.13. The van der Waals surface area contributed by atoms with E-state index in [1.165, 1.54) is 7.11 Å². The number of carbonyl (C=O) groups is 1. The fraction of sp³-hybridized carbons (Fsp3) is 0.500. The summed E-state index contributed by atoms with van der Waals surface area (Å²) >= 11 is 0. The van der Waals surface area contributed by atoms with E-state index in [4.69, 9.17) is 9.47 Å². The van der Waals surface area contributed by atoms with Gasteiger partial charge in [-0.2, -0.15) is 0 Å². The number of aldehydes is 1. The van der Waals surface area contributed by atoms with Crippen LogP contribution in [0.25, 0.3) is 0 Å². The minimum Gasteiger partial charge on any atom is -0.493 e. The third-order valence-electron chi connectivity index (χ3n) is 3.38. The van der Waals surface area contributed by atoms with Gasteiger partial charge in [0.05, 0.1) is 18.6 Å². The first-order valence-corrected chi connectivity index (χ1v) is 8.26. The maximum Gasteiger partial charge on any atom is 0.161 e. The zero-order chi connectivity index (χ0) is 14.8. The third kappa shape index (κ3) is 3.30. The van der Waals surface area contributed by atoms with Gasteiger partial charge in [0, 0.05) is 6.42 Å². The van der Waals surface area contributed by atoms with Crippen LogP contribution in [0.4, 0.5) is 0 Å². The largest absolute Gasteiger partial charge is 0.493 e. The van der Waals surface area contributed by atoms with Crippen LogP contribution in [0.1, 0.15) is 24.8 Å². The quantitative estimate of drug-likeness (QED) is 0.746. The number of methoxy groups -OCH3 is 1. The molecular weight excluding hydrogens is 280 g/mol. The molecule has 1 aromatic carbocycles. The molecule has 1 unspecified atom stereocenters. The Kier molecular flexibility index (Phi) is 4.32. The van der Waals surface area contributed by atoms with Gasteiger partial charge in [0.2, 0.25) is 0 Å². The minimum atomic E-state index is -2.90. The molecule has 110 valence electrons. The first-order valence-electron chi connectivity index (χ1n) is 6.44. The molecule has 0 aliphatic carbocycles. The van der Waals surface area contributed by atoms with E-state index in [1.54, 1.807) is 6.07 Å². The Morgan fingerprint density at radius 2 is 2.05 bits per heavy atom. The van der Waals surface area contributed by atoms with Gasteiger partial charge in [-0.05, 0) is 23.6 Å². The lowest BCUT2D eigenvalue weighted by atomic mass is 9.98. The smallest absolute Gasteiger partial charge is 0.161 e. The van der Waals surface area contributed by atoms with Gasteiger partial charge in [-0.1, -0.05) is 13.0 Å². The molecule has 0 radical (unpaired) electrons. The molecular formula is C14H18O5S. The lowest BCUT2D eigenvalue weighted by molar-refractivity contribution is -0.108. The summed E-state index contributed by atoms with van der Waals surface area (Å²) in [6.45, 7) is 1.96. The van der Waals surface area contributed by atoms with Crippen molar-refractivity contribution in [2.75, 3.05) is 18.6 Å². The van der Waals surface area contributed by atoms with E-state index in [-0.39, 0.29) is 23.5 Å². The number of benzene rings is 1. The summed E-state index contributed by atoms with van der Waals surface area (Å²) in [6.07, 6.45) is 1.04. The van der Waals surface area contributed by atoms with Crippen LogP contribution in [0.15, 0.2) is 18.2 Å². The number of rotatable bonds is 6. The second-order valence-electron chi connectivity index (χ2n) is 5.03. The predicted octanol–water partition coefficient (Wildman–Crippen LogP) is 1.56. The maximum atomic E-state index is 11.1. The molecule has 20 heavy (non-hydrogen) atoms. The van der Waals surface area contributed by atoms with E-state index in [9.17, 15) is 13.2 Å². The maximum absolute atomic E-state index is 11.1. The number of sulfone groups is 1. The molecule has 1 aliphatic rings. The van der Waals surface area contributed by atoms with Gasteiger partial charge in [-0.15, -0.1) is 0 Å². The first kappa shape index (κ1) is 14.8. The molecule has 0 saturated carbocycles. The highest BCUT2D eigenvalue weighted by atomic mass is 32.2. The SMILES string of the molecule is COc1cc(C(C)CC=O)ccc1OC1CS(=O)(=O)C1. The van der Waals surface area contributed by atoms with Crippen LogP contribution in [0.5, 0.6) is 11.5 Å². The molecule has 2 rings (SSSR count). The van der Waals surface area contributed by atoms with Crippen molar-refractivity contribution in [2.24, 2.45) is 0 Å². The van der Waals surface area contributed by atoms with Crippen molar-refractivity contribution < 1.29 is 22.7 Å². The molecule has 0 spiro atoms. The number of hydrogen-bond donors (Lipinski definition) is 0. The van der Waals surface area contributed by atoms with Crippen LogP contribution in [-0.4, -0.2) is 39.4 Å². The Labute approximate surface area is 118 Å². The van der Waals surface area contributed by atoms with E-state index in [0.717, 1.165) is 11.8 Å². The van der Waals surface area contributed by atoms with E-state index < -0.39 is 9.84 Å². The molecule has 0 bridgehead atoms. The van der Waals surface area contributed by atoms with Gasteiger partial charge in [0.25, 0.3) is 0 Å². The average molecular weight is 298 g/mol. The third-order valence-corrected chi connectivity index (χ3v) is 5.14. The minimum absolute atomic E-state index is 0.0550. The molecule has 0 amide bonds. The summed E-state index contributed by atoms with van der Waals surface area (Å²) in [5.41, 5.74) is 0.988. The van der Waals surface area contributed by atoms with Crippen LogP contribution < -0.4 is 9.47 Å². The van der Waals surface area contributed by atoms with Crippen LogP contribution in [0.3, 0.4) is 0 Å². The van der Waals surface area contributed by atoms with Gasteiger partial charge in [0.1, 0.15) is 12.4 Å². The van der Waals surface area contributed by atoms with Crippen LogP contribution in [0.2, 0.25) is 0 Å². The highest BCUT2D eigenvalue weighted by Crippen LogP contribution is 2.33. The zero-order valence-corrected chi connectivity index (χ0v) is 12.4. The monoisotopic (exact) mass is 298 g/mol. The van der Waals surface area contributed by atoms with Crippen molar-refractivity contribution >= 4 is 16.1 Å². The normalized spacial score (nSPS) is 18.9. The topological polar surface area (TPSA) is 69.7 Å². The number of ether oxygens (including phenoxy) is 2. The van der Waals surface area contributed by atoms with Crippen molar-refractivity contribution in [3.8, 4) is 11.5 Å². The van der Waals surface area contributed by atoms with Gasteiger partial charge in [0.15, 0.2) is 21.3 Å². The summed E-state index contributed by atoms with van der Waals surface area (Å²) in [5.74, 6) is 1.32. The molecule has 1 fully saturated rings. The van der Waals surface area contributed by atoms with Gasteiger partial charge in [-0.25, -0.2) is 8.42 Å². The Morgan fingerprint density at radius 1 is 1.35 bits per heavy atom. The molecule has 0 N–H and O–H groups in total. The Bertz CT molecular complexity index is 582. The van der Waals surface area contributed by atoms with E-state index in [1.807, 2.05) is 19.1 Å². The number of carbonyl (C=O) groups excluding carboxylic acids is 1. The standard InChI is InChI=1S/C14H18O5S/c1-10(5-6-15)11-3-4-13(14(7-11)18-2)19-12-8-20(16,17)9-12/h3-4,6-7,10,12H,5,8-9H2,1-2H3. The first-order chi connectivity index (χ1) is 9.45. The lowest BCUT2D eigenvalue weighted by Crippen LogP contribution is -2.45. The molecule has 1 saturated heterocycles. The Morgan fingerprint density at radius 3 is 2.60 bits per heavy atom. The molecule has 1 atom stereocenters. The molecule has 0 aromatic heterocycles. The summed E-state index contributed by atoms with van der Waals surface area (Å²) in [4.78, 5) is 10.6.